The van der Waals surface area contributed by atoms with Gasteiger partial charge in [0.25, 0.3) is 0 Å². The molecule has 22 aliphatic rings. The van der Waals surface area contributed by atoms with Crippen molar-refractivity contribution in [1.29, 1.82) is 0 Å². The Labute approximate surface area is 580 Å². The van der Waals surface area contributed by atoms with E-state index in [-0.39, 0.29) is 34.0 Å². The number of hydrogen-bond acceptors (Lipinski definition) is 10. The zero-order valence-corrected chi connectivity index (χ0v) is 57.8. The molecule has 0 radical (unpaired) electrons. The molecule has 9 aromatic rings. The van der Waals surface area contributed by atoms with Crippen molar-refractivity contribution in [3.05, 3.63) is 230 Å². The van der Waals surface area contributed by atoms with Gasteiger partial charge in [-0.1, -0.05) is 60.7 Å². The molecule has 14 nitrogen and oxygen atoms in total. The molecule has 0 saturated carbocycles. The van der Waals surface area contributed by atoms with Crippen LogP contribution in [-0.4, -0.2) is 106 Å². The Kier molecular flexibility index (Phi) is 29.2. The smallest absolute Gasteiger partial charge is 0.173 e. The van der Waals surface area contributed by atoms with Crippen LogP contribution in [0.15, 0.2) is 207 Å². The Hall–Kier alpha value is -7.10. The summed E-state index contributed by atoms with van der Waals surface area (Å²) in [4.78, 5) is 0. The van der Waals surface area contributed by atoms with Crippen molar-refractivity contribution < 1.29 is 150 Å². The number of pyridine rings is 4. The molecular formula is C68H74Br2F12N4O10P2. The molecule has 0 atom stereocenters. The molecule has 0 N–H and O–H groups in total. The van der Waals surface area contributed by atoms with Crippen molar-refractivity contribution in [1.82, 2.24) is 0 Å². The normalized spacial score (nSPS) is 16.4. The summed E-state index contributed by atoms with van der Waals surface area (Å²) in [5, 5.41) is 2.16. The summed E-state index contributed by atoms with van der Waals surface area (Å²) < 4.78 is 184. The molecule has 31 rings (SSSR count). The van der Waals surface area contributed by atoms with Gasteiger partial charge in [-0.25, -0.2) is 18.3 Å². The van der Waals surface area contributed by atoms with Crippen LogP contribution in [-0.2, 0) is 54.6 Å². The van der Waals surface area contributed by atoms with Gasteiger partial charge < -0.3 is 81.3 Å². The van der Waals surface area contributed by atoms with Crippen LogP contribution in [0.2, 0.25) is 0 Å². The molecule has 0 fully saturated rings. The first-order valence-corrected chi connectivity index (χ1v) is 34.4. The van der Waals surface area contributed by atoms with Crippen LogP contribution in [0.3, 0.4) is 0 Å². The molecular weight excluding hydrogens is 1480 g/mol. The number of rotatable bonds is 0. The Morgan fingerprint density at radius 1 is 0.224 bits per heavy atom. The van der Waals surface area contributed by atoms with E-state index in [2.05, 4.69) is 165 Å². The number of halogens is 14. The maximum atomic E-state index is 9.87. The minimum atomic E-state index is -10.7. The fourth-order valence-electron chi connectivity index (χ4n) is 9.34. The van der Waals surface area contributed by atoms with Gasteiger partial charge in [0.15, 0.2) is 75.8 Å². The third-order valence-electron chi connectivity index (χ3n) is 13.8. The summed E-state index contributed by atoms with van der Waals surface area (Å²) in [7, 11) is -21.3. The monoisotopic (exact) mass is 1550 g/mol. The second-order valence-corrected chi connectivity index (χ2v) is 25.6. The third kappa shape index (κ3) is 34.6. The minimum absolute atomic E-state index is 0. The summed E-state index contributed by atoms with van der Waals surface area (Å²) in [6.45, 7) is 11.2. The fourth-order valence-corrected chi connectivity index (χ4v) is 9.34. The van der Waals surface area contributed by atoms with Crippen LogP contribution in [0, 0.1) is 0 Å². The Balaban J connectivity index is 0.000000254. The third-order valence-corrected chi connectivity index (χ3v) is 13.8. The number of benzene rings is 5. The molecule has 30 heteroatoms. The quantitative estimate of drug-likeness (QED) is 0.0828. The van der Waals surface area contributed by atoms with Gasteiger partial charge in [0, 0.05) is 70.8 Å². The molecule has 4 aromatic heterocycles. The molecule has 5 aromatic carbocycles. The Morgan fingerprint density at radius 3 is 0.602 bits per heavy atom. The van der Waals surface area contributed by atoms with Gasteiger partial charge in [0.2, 0.25) is 0 Å². The number of nitrogens with zero attached hydrogens (tertiary/aromatic N) is 4. The second-order valence-electron chi connectivity index (χ2n) is 21.8. The van der Waals surface area contributed by atoms with Gasteiger partial charge in [-0.15, -0.1) is 0 Å². The molecule has 0 saturated heterocycles. The molecule has 534 valence electrons. The largest absolute Gasteiger partial charge is 1.00 e. The summed E-state index contributed by atoms with van der Waals surface area (Å²) in [6, 6.07) is 55.0. The van der Waals surface area contributed by atoms with Crippen LogP contribution in [0.1, 0.15) is 22.3 Å². The molecule has 22 aliphatic heterocycles. The van der Waals surface area contributed by atoms with E-state index in [0.717, 1.165) is 59.9 Å². The maximum Gasteiger partial charge on any atom is 0.173 e. The van der Waals surface area contributed by atoms with E-state index in [4.69, 9.17) is 47.4 Å². The number of ether oxygens (including phenoxy) is 10. The molecule has 18 bridgehead atoms. The van der Waals surface area contributed by atoms with Crippen molar-refractivity contribution in [2.75, 3.05) is 106 Å². The molecule has 0 aliphatic carbocycles. The standard InChI is InChI=1S/C36H32N4.C32H42O10.2BrH.2F6P/c1-2-30-4-3-29(1)25-37-17-9-33(10-18-37)35-13-21-39(22-14-35)27-31-5-7-32(8-6-31)28-40-23-15-36(16-24-40)34-11-19-38(26-30)20-12-34;1-3-31-26-28-2-4-32(25-27(1)28)42-24-20-38-16-12-34-10-14-36-18-22-40-30-7-5-29(6-8-30)39-21-17-35-13-9-33-11-15-37-19-23-41-31;;;2*1-7(2,3,4,5)6/h1-24H,25-28H2;1-8,25-26H,9-24H2;2*1H;;/q+4;;;;2*-1/p-2. The first-order valence-electron chi connectivity index (χ1n) is 30.4. The van der Waals surface area contributed by atoms with E-state index in [0.29, 0.717) is 106 Å². The number of hydrogen-bond donors (Lipinski definition) is 0. The van der Waals surface area contributed by atoms with Crippen LogP contribution >= 0.6 is 15.6 Å². The first-order chi connectivity index (χ1) is 45.5. The van der Waals surface area contributed by atoms with Gasteiger partial charge in [0.1, 0.15) is 49.4 Å². The molecule has 0 spiro atoms. The summed E-state index contributed by atoms with van der Waals surface area (Å²) in [5.74, 6) is 3.12. The van der Waals surface area contributed by atoms with E-state index in [1.807, 2.05) is 60.7 Å². The minimum Gasteiger partial charge on any atom is -1.00 e. The van der Waals surface area contributed by atoms with Gasteiger partial charge in [0.05, 0.1) is 79.3 Å². The average Bonchev–Trinajstić information content (AvgIpc) is 0.791. The van der Waals surface area contributed by atoms with E-state index in [9.17, 15) is 50.4 Å². The van der Waals surface area contributed by atoms with Crippen molar-refractivity contribution >= 4 is 26.4 Å². The zero-order chi connectivity index (χ0) is 68.5. The van der Waals surface area contributed by atoms with Gasteiger partial charge in [-0.05, 0) is 81.6 Å². The fraction of sp³-hybridized carbons (Fsp3) is 0.294. The Bertz CT molecular complexity index is 3430. The molecule has 0 unspecified atom stereocenters. The zero-order valence-electron chi connectivity index (χ0n) is 52.8. The van der Waals surface area contributed by atoms with E-state index in [1.165, 1.54) is 44.5 Å². The first kappa shape index (κ1) is 79.9. The van der Waals surface area contributed by atoms with Crippen molar-refractivity contribution in [3.63, 3.8) is 0 Å². The predicted molar refractivity (Wildman–Crippen MR) is 338 cm³/mol. The van der Waals surface area contributed by atoms with Crippen molar-refractivity contribution in [2.45, 2.75) is 26.2 Å². The van der Waals surface area contributed by atoms with Crippen LogP contribution in [0.25, 0.3) is 33.0 Å². The average molecular weight is 1560 g/mol. The summed E-state index contributed by atoms with van der Waals surface area (Å²) in [6.07, 6.45) is 17.4. The van der Waals surface area contributed by atoms with Crippen molar-refractivity contribution in [3.8, 4) is 45.3 Å². The molecule has 0 amide bonds. The van der Waals surface area contributed by atoms with Crippen LogP contribution in [0.5, 0.6) is 23.0 Å². The maximum absolute atomic E-state index is 10.7. The summed E-state index contributed by atoms with van der Waals surface area (Å²) >= 11 is 0. The molecule has 98 heavy (non-hydrogen) atoms. The van der Waals surface area contributed by atoms with Gasteiger partial charge in [-0.3, -0.25) is 0 Å². The van der Waals surface area contributed by atoms with Crippen molar-refractivity contribution in [2.24, 2.45) is 0 Å². The van der Waals surface area contributed by atoms with E-state index in [1.54, 1.807) is 0 Å². The van der Waals surface area contributed by atoms with Crippen LogP contribution in [0.4, 0.5) is 50.4 Å². The molecule has 26 heterocycles. The van der Waals surface area contributed by atoms with Gasteiger partial charge in [-0.2, -0.15) is 0 Å². The van der Waals surface area contributed by atoms with E-state index < -0.39 is 15.6 Å². The number of aromatic nitrogens is 4. The van der Waals surface area contributed by atoms with E-state index >= 15 is 0 Å². The SMILES string of the molecule is F[P-](F)(F)(F)(F)F.F[P-](F)(F)(F)(F)F.[Br-].[Br-].c1cc2ccc1C[n+]1ccc(cc1)-c1cc[n+](cc1)Cc1ccc(cc1)C[n+]1ccc(cc1)-c1cc[n+](cc1)C2.c1cc2ccc1OCCOCCOCCOCCOc1ccc3cc(ccc3c1)OCCOCCOCCOCCO2. The van der Waals surface area contributed by atoms with Gasteiger partial charge >= 0.3 is 66.0 Å². The Morgan fingerprint density at radius 2 is 0.398 bits per heavy atom. The predicted octanol–water partition coefficient (Wildman–Crippen LogP) is 9.62. The second kappa shape index (κ2) is 35.8. The topological polar surface area (TPSA) is 108 Å². The van der Waals surface area contributed by atoms with Crippen LogP contribution < -0.4 is 71.2 Å². The summed E-state index contributed by atoms with van der Waals surface area (Å²) in [5.41, 5.74) is 10.1.